The van der Waals surface area contributed by atoms with E-state index in [4.69, 9.17) is 9.47 Å². The molecule has 0 N–H and O–H groups in total. The first-order chi connectivity index (χ1) is 10.2. The highest BCUT2D eigenvalue weighted by Crippen LogP contribution is 2.27. The van der Waals surface area contributed by atoms with Crippen molar-refractivity contribution in [1.29, 1.82) is 0 Å². The van der Waals surface area contributed by atoms with Crippen LogP contribution < -0.4 is 9.47 Å². The molecule has 3 heteroatoms. The largest absolute Gasteiger partial charge is 0.497 e. The molecule has 112 valence electrons. The zero-order chi connectivity index (χ0) is 15.1. The molecule has 0 aliphatic heterocycles. The molecule has 0 aliphatic carbocycles. The summed E-state index contributed by atoms with van der Waals surface area (Å²) < 4.78 is 11.2. The van der Waals surface area contributed by atoms with E-state index in [-0.39, 0.29) is 0 Å². The summed E-state index contributed by atoms with van der Waals surface area (Å²) in [6.07, 6.45) is 2.14. The zero-order valence-electron chi connectivity index (χ0n) is 13.0. The Hall–Kier alpha value is -2.00. The molecular weight excluding hydrogens is 262 g/mol. The minimum atomic E-state index is 0.829. The molecule has 0 unspecified atom stereocenters. The second kappa shape index (κ2) is 7.70. The Balaban J connectivity index is 2.04. The fraction of sp³-hybridized carbons (Fsp3) is 0.333. The number of benzene rings is 2. The molecule has 2 aromatic carbocycles. The molecule has 0 atom stereocenters. The molecule has 0 bridgehead atoms. The molecule has 0 fully saturated rings. The Kier molecular flexibility index (Phi) is 5.64. The standard InChI is InChI=1S/C18H23NO2/c1-19(2)14-6-8-15-7-4-5-9-18(15)21-17-12-10-16(20-3)11-13-17/h4-5,7,9-13H,6,8,14H2,1-3H3. The molecule has 0 spiro atoms. The van der Waals surface area contributed by atoms with Crippen molar-refractivity contribution in [1.82, 2.24) is 4.90 Å². The maximum atomic E-state index is 6.00. The summed E-state index contributed by atoms with van der Waals surface area (Å²) in [6, 6.07) is 15.9. The van der Waals surface area contributed by atoms with E-state index in [1.165, 1.54) is 5.56 Å². The number of hydrogen-bond donors (Lipinski definition) is 0. The van der Waals surface area contributed by atoms with Gasteiger partial charge < -0.3 is 14.4 Å². The second-order valence-corrected chi connectivity index (χ2v) is 5.29. The van der Waals surface area contributed by atoms with Gasteiger partial charge in [-0.2, -0.15) is 0 Å². The number of aryl methyl sites for hydroxylation is 1. The average molecular weight is 285 g/mol. The van der Waals surface area contributed by atoms with E-state index in [2.05, 4.69) is 31.1 Å². The second-order valence-electron chi connectivity index (χ2n) is 5.29. The number of hydrogen-bond acceptors (Lipinski definition) is 3. The molecule has 0 aliphatic rings. The van der Waals surface area contributed by atoms with Crippen LogP contribution >= 0.6 is 0 Å². The summed E-state index contributed by atoms with van der Waals surface area (Å²) in [5, 5.41) is 0. The maximum Gasteiger partial charge on any atom is 0.130 e. The SMILES string of the molecule is COc1ccc(Oc2ccccc2CCCN(C)C)cc1. The van der Waals surface area contributed by atoms with Gasteiger partial charge in [0.2, 0.25) is 0 Å². The first-order valence-corrected chi connectivity index (χ1v) is 7.23. The van der Waals surface area contributed by atoms with Crippen LogP contribution in [0.4, 0.5) is 0 Å². The van der Waals surface area contributed by atoms with Gasteiger partial charge >= 0.3 is 0 Å². The minimum Gasteiger partial charge on any atom is -0.497 e. The normalized spacial score (nSPS) is 10.7. The lowest BCUT2D eigenvalue weighted by Crippen LogP contribution is -2.13. The van der Waals surface area contributed by atoms with Gasteiger partial charge in [-0.15, -0.1) is 0 Å². The molecule has 2 rings (SSSR count). The Morgan fingerprint density at radius 2 is 1.57 bits per heavy atom. The third-order valence-corrected chi connectivity index (χ3v) is 3.31. The third-order valence-electron chi connectivity index (χ3n) is 3.31. The van der Waals surface area contributed by atoms with Crippen LogP contribution in [0, 0.1) is 0 Å². The number of para-hydroxylation sites is 1. The van der Waals surface area contributed by atoms with E-state index in [1.807, 2.05) is 36.4 Å². The van der Waals surface area contributed by atoms with Gasteiger partial charge in [0.25, 0.3) is 0 Å². The van der Waals surface area contributed by atoms with Crippen molar-refractivity contribution < 1.29 is 9.47 Å². The van der Waals surface area contributed by atoms with Gasteiger partial charge in [0, 0.05) is 0 Å². The Labute approximate surface area is 127 Å². The lowest BCUT2D eigenvalue weighted by molar-refractivity contribution is 0.398. The van der Waals surface area contributed by atoms with Crippen molar-refractivity contribution in [3.05, 3.63) is 54.1 Å². The molecule has 0 aromatic heterocycles. The molecule has 2 aromatic rings. The Morgan fingerprint density at radius 3 is 2.24 bits per heavy atom. The van der Waals surface area contributed by atoms with Crippen molar-refractivity contribution in [3.63, 3.8) is 0 Å². The Morgan fingerprint density at radius 1 is 0.905 bits per heavy atom. The zero-order valence-corrected chi connectivity index (χ0v) is 13.0. The van der Waals surface area contributed by atoms with E-state index in [9.17, 15) is 0 Å². The molecule has 0 radical (unpaired) electrons. The lowest BCUT2D eigenvalue weighted by atomic mass is 10.1. The van der Waals surface area contributed by atoms with Gasteiger partial charge in [-0.05, 0) is 69.4 Å². The van der Waals surface area contributed by atoms with Crippen molar-refractivity contribution in [2.24, 2.45) is 0 Å². The summed E-state index contributed by atoms with van der Waals surface area (Å²) in [4.78, 5) is 2.20. The predicted molar refractivity (Wildman–Crippen MR) is 86.4 cm³/mol. The third kappa shape index (κ3) is 4.80. The van der Waals surface area contributed by atoms with Crippen molar-refractivity contribution in [2.75, 3.05) is 27.7 Å². The van der Waals surface area contributed by atoms with E-state index in [1.54, 1.807) is 7.11 Å². The minimum absolute atomic E-state index is 0.829. The van der Waals surface area contributed by atoms with Gasteiger partial charge in [-0.1, -0.05) is 18.2 Å². The predicted octanol–water partition coefficient (Wildman–Crippen LogP) is 3.98. The molecule has 0 heterocycles. The monoisotopic (exact) mass is 285 g/mol. The van der Waals surface area contributed by atoms with E-state index < -0.39 is 0 Å². The van der Waals surface area contributed by atoms with Gasteiger partial charge in [0.05, 0.1) is 7.11 Å². The number of ether oxygens (including phenoxy) is 2. The Bertz CT molecular complexity index is 549. The van der Waals surface area contributed by atoms with E-state index >= 15 is 0 Å². The quantitative estimate of drug-likeness (QED) is 0.768. The highest BCUT2D eigenvalue weighted by atomic mass is 16.5. The van der Waals surface area contributed by atoms with Gasteiger partial charge in [0.15, 0.2) is 0 Å². The first kappa shape index (κ1) is 15.4. The van der Waals surface area contributed by atoms with Gasteiger partial charge in [-0.25, -0.2) is 0 Å². The van der Waals surface area contributed by atoms with Crippen molar-refractivity contribution in [2.45, 2.75) is 12.8 Å². The highest BCUT2D eigenvalue weighted by molar-refractivity contribution is 5.39. The van der Waals surface area contributed by atoms with Crippen molar-refractivity contribution >= 4 is 0 Å². The topological polar surface area (TPSA) is 21.7 Å². The number of nitrogens with zero attached hydrogens (tertiary/aromatic N) is 1. The van der Waals surface area contributed by atoms with Gasteiger partial charge in [-0.3, -0.25) is 0 Å². The smallest absolute Gasteiger partial charge is 0.130 e. The lowest BCUT2D eigenvalue weighted by Gasteiger charge is -2.13. The van der Waals surface area contributed by atoms with Crippen LogP contribution in [-0.2, 0) is 6.42 Å². The summed E-state index contributed by atoms with van der Waals surface area (Å²) in [6.45, 7) is 1.08. The molecule has 0 saturated heterocycles. The van der Waals surface area contributed by atoms with Crippen LogP contribution in [0.5, 0.6) is 17.2 Å². The van der Waals surface area contributed by atoms with Crippen molar-refractivity contribution in [3.8, 4) is 17.2 Å². The number of methoxy groups -OCH3 is 1. The fourth-order valence-corrected chi connectivity index (χ4v) is 2.17. The first-order valence-electron chi connectivity index (χ1n) is 7.23. The van der Waals surface area contributed by atoms with Crippen LogP contribution in [0.3, 0.4) is 0 Å². The van der Waals surface area contributed by atoms with Crippen LogP contribution in [0.1, 0.15) is 12.0 Å². The fourth-order valence-electron chi connectivity index (χ4n) is 2.17. The average Bonchev–Trinajstić information content (AvgIpc) is 2.49. The molecule has 21 heavy (non-hydrogen) atoms. The molecule has 0 saturated carbocycles. The molecule has 0 amide bonds. The number of rotatable bonds is 7. The molecular formula is C18H23NO2. The van der Waals surface area contributed by atoms with Gasteiger partial charge in [0.1, 0.15) is 17.2 Å². The summed E-state index contributed by atoms with van der Waals surface area (Å²) in [7, 11) is 5.86. The summed E-state index contributed by atoms with van der Waals surface area (Å²) in [5.41, 5.74) is 1.25. The maximum absolute atomic E-state index is 6.00. The van der Waals surface area contributed by atoms with E-state index in [0.29, 0.717) is 0 Å². The summed E-state index contributed by atoms with van der Waals surface area (Å²) >= 11 is 0. The van der Waals surface area contributed by atoms with Crippen LogP contribution in [0.2, 0.25) is 0 Å². The summed E-state index contributed by atoms with van der Waals surface area (Å²) in [5.74, 6) is 2.60. The van der Waals surface area contributed by atoms with Crippen LogP contribution in [-0.4, -0.2) is 32.6 Å². The van der Waals surface area contributed by atoms with Crippen LogP contribution in [0.25, 0.3) is 0 Å². The highest BCUT2D eigenvalue weighted by Gasteiger charge is 2.05. The van der Waals surface area contributed by atoms with Crippen LogP contribution in [0.15, 0.2) is 48.5 Å². The molecule has 3 nitrogen and oxygen atoms in total. The van der Waals surface area contributed by atoms with E-state index in [0.717, 1.165) is 36.6 Å².